The van der Waals surface area contributed by atoms with Crippen molar-refractivity contribution in [2.75, 3.05) is 20.3 Å². The fraction of sp³-hybridized carbons (Fsp3) is 0.333. The zero-order valence-corrected chi connectivity index (χ0v) is 21.3. The molecule has 0 fully saturated rings. The molecule has 0 aliphatic carbocycles. The van der Waals surface area contributed by atoms with Crippen molar-refractivity contribution in [3.63, 3.8) is 0 Å². The van der Waals surface area contributed by atoms with Crippen LogP contribution in [0.4, 0.5) is 0 Å². The van der Waals surface area contributed by atoms with Crippen LogP contribution in [0, 0.1) is 0 Å². The first-order chi connectivity index (χ1) is 17.4. The molecule has 1 atom stereocenters. The quantitative estimate of drug-likeness (QED) is 0.305. The predicted octanol–water partition coefficient (Wildman–Crippen LogP) is 5.84. The van der Waals surface area contributed by atoms with E-state index in [0.29, 0.717) is 31.7 Å². The first-order valence-electron chi connectivity index (χ1n) is 12.4. The van der Waals surface area contributed by atoms with Crippen LogP contribution in [0.2, 0.25) is 0 Å². The summed E-state index contributed by atoms with van der Waals surface area (Å²) in [5.74, 6) is -0.228. The Morgan fingerprint density at radius 1 is 0.917 bits per heavy atom. The van der Waals surface area contributed by atoms with E-state index in [4.69, 9.17) is 9.47 Å². The molecule has 6 nitrogen and oxygen atoms in total. The normalized spacial score (nSPS) is 11.6. The number of carboxylic acids is 1. The number of carbonyl (C=O) groups excluding carboxylic acids is 1. The smallest absolute Gasteiger partial charge is 0.333 e. The van der Waals surface area contributed by atoms with Crippen LogP contribution in [0.15, 0.2) is 72.8 Å². The molecule has 0 saturated carbocycles. The van der Waals surface area contributed by atoms with Crippen molar-refractivity contribution in [2.45, 2.75) is 45.8 Å². The van der Waals surface area contributed by atoms with Crippen LogP contribution in [-0.4, -0.2) is 48.2 Å². The minimum Gasteiger partial charge on any atom is -0.494 e. The van der Waals surface area contributed by atoms with Gasteiger partial charge < -0.3 is 19.5 Å². The van der Waals surface area contributed by atoms with Crippen LogP contribution in [0.5, 0.6) is 5.75 Å². The number of benzene rings is 3. The lowest BCUT2D eigenvalue weighted by Gasteiger charge is -2.18. The molecule has 190 valence electrons. The molecule has 36 heavy (non-hydrogen) atoms. The van der Waals surface area contributed by atoms with Gasteiger partial charge in [-0.05, 0) is 65.9 Å². The van der Waals surface area contributed by atoms with E-state index >= 15 is 0 Å². The molecule has 0 heterocycles. The Bertz CT molecular complexity index is 1120. The van der Waals surface area contributed by atoms with Gasteiger partial charge in [0.25, 0.3) is 5.91 Å². The lowest BCUT2D eigenvalue weighted by Crippen LogP contribution is -2.26. The molecule has 0 aromatic heterocycles. The number of aliphatic carboxylic acids is 1. The third-order valence-corrected chi connectivity index (χ3v) is 5.91. The van der Waals surface area contributed by atoms with E-state index < -0.39 is 12.1 Å². The van der Waals surface area contributed by atoms with Gasteiger partial charge in [0.1, 0.15) is 5.75 Å². The van der Waals surface area contributed by atoms with Crippen molar-refractivity contribution >= 4 is 11.9 Å². The lowest BCUT2D eigenvalue weighted by molar-refractivity contribution is -0.149. The van der Waals surface area contributed by atoms with Crippen LogP contribution >= 0.6 is 0 Å². The van der Waals surface area contributed by atoms with Gasteiger partial charge in [-0.2, -0.15) is 0 Å². The number of hydrogen-bond acceptors (Lipinski definition) is 4. The Kier molecular flexibility index (Phi) is 10.1. The molecule has 3 aromatic rings. The number of hydrogen-bond donors (Lipinski definition) is 1. The largest absolute Gasteiger partial charge is 0.494 e. The number of carboxylic acid groups (broad SMARTS) is 1. The van der Waals surface area contributed by atoms with Gasteiger partial charge in [-0.1, -0.05) is 55.8 Å². The van der Waals surface area contributed by atoms with E-state index in [9.17, 15) is 14.7 Å². The molecule has 0 unspecified atom stereocenters. The Morgan fingerprint density at radius 3 is 2.28 bits per heavy atom. The monoisotopic (exact) mass is 489 g/mol. The SMILES string of the molecule is CCCCOc1ccc(C(=O)N(C)Cc2cccc(-c3ccc(C[C@H](OCC)C(=O)O)cc3)c2)cc1. The van der Waals surface area contributed by atoms with Crippen LogP contribution < -0.4 is 4.74 Å². The summed E-state index contributed by atoms with van der Waals surface area (Å²) in [6.45, 7) is 5.43. The Hall–Kier alpha value is -3.64. The van der Waals surface area contributed by atoms with E-state index in [2.05, 4.69) is 13.0 Å². The Morgan fingerprint density at radius 2 is 1.64 bits per heavy atom. The molecule has 6 heteroatoms. The van der Waals surface area contributed by atoms with Gasteiger partial charge >= 0.3 is 5.97 Å². The van der Waals surface area contributed by atoms with Crippen molar-refractivity contribution in [1.82, 2.24) is 4.90 Å². The molecule has 0 radical (unpaired) electrons. The average Bonchev–Trinajstić information content (AvgIpc) is 2.89. The van der Waals surface area contributed by atoms with Crippen LogP contribution in [-0.2, 0) is 22.5 Å². The highest BCUT2D eigenvalue weighted by molar-refractivity contribution is 5.94. The second-order valence-corrected chi connectivity index (χ2v) is 8.77. The summed E-state index contributed by atoms with van der Waals surface area (Å²) >= 11 is 0. The van der Waals surface area contributed by atoms with E-state index in [1.54, 1.807) is 31.0 Å². The van der Waals surface area contributed by atoms with Crippen molar-refractivity contribution in [2.24, 2.45) is 0 Å². The highest BCUT2D eigenvalue weighted by Gasteiger charge is 2.18. The number of nitrogens with zero attached hydrogens (tertiary/aromatic N) is 1. The summed E-state index contributed by atoms with van der Waals surface area (Å²) in [7, 11) is 1.80. The maximum atomic E-state index is 12.9. The van der Waals surface area contributed by atoms with Crippen LogP contribution in [0.1, 0.15) is 48.2 Å². The number of ether oxygens (including phenoxy) is 2. The summed E-state index contributed by atoms with van der Waals surface area (Å²) in [6.07, 6.45) is 1.56. The van der Waals surface area contributed by atoms with E-state index in [-0.39, 0.29) is 5.91 Å². The molecule has 0 saturated heterocycles. The minimum absolute atomic E-state index is 0.0489. The number of rotatable bonds is 13. The second-order valence-electron chi connectivity index (χ2n) is 8.77. The van der Waals surface area contributed by atoms with E-state index in [1.807, 2.05) is 54.6 Å². The highest BCUT2D eigenvalue weighted by atomic mass is 16.5. The van der Waals surface area contributed by atoms with Gasteiger partial charge in [-0.15, -0.1) is 0 Å². The molecule has 3 aromatic carbocycles. The van der Waals surface area contributed by atoms with E-state index in [1.165, 1.54) is 0 Å². The third kappa shape index (κ3) is 7.68. The first kappa shape index (κ1) is 27.0. The number of unbranched alkanes of at least 4 members (excludes halogenated alkanes) is 1. The maximum Gasteiger partial charge on any atom is 0.333 e. The van der Waals surface area contributed by atoms with Crippen molar-refractivity contribution in [3.05, 3.63) is 89.5 Å². The first-order valence-corrected chi connectivity index (χ1v) is 12.4. The van der Waals surface area contributed by atoms with Gasteiger partial charge in [-0.3, -0.25) is 4.79 Å². The van der Waals surface area contributed by atoms with Gasteiger partial charge in [0, 0.05) is 32.2 Å². The molecule has 0 spiro atoms. The fourth-order valence-electron chi connectivity index (χ4n) is 3.91. The van der Waals surface area contributed by atoms with Crippen molar-refractivity contribution < 1.29 is 24.2 Å². The topological polar surface area (TPSA) is 76.1 Å². The van der Waals surface area contributed by atoms with Crippen molar-refractivity contribution in [3.8, 4) is 16.9 Å². The summed E-state index contributed by atoms with van der Waals surface area (Å²) < 4.78 is 11.0. The number of amides is 1. The highest BCUT2D eigenvalue weighted by Crippen LogP contribution is 2.23. The molecule has 0 bridgehead atoms. The summed E-state index contributed by atoms with van der Waals surface area (Å²) in [4.78, 5) is 26.0. The summed E-state index contributed by atoms with van der Waals surface area (Å²) in [5, 5.41) is 9.31. The number of carbonyl (C=O) groups is 2. The second kappa shape index (κ2) is 13.4. The maximum absolute atomic E-state index is 12.9. The fourth-order valence-corrected chi connectivity index (χ4v) is 3.91. The van der Waals surface area contributed by atoms with Crippen molar-refractivity contribution in [1.29, 1.82) is 0 Å². The molecular weight excluding hydrogens is 454 g/mol. The Labute approximate surface area is 213 Å². The molecule has 3 rings (SSSR count). The standard InChI is InChI=1S/C30H35NO5/c1-4-6-18-36-27-16-14-25(15-17-27)29(32)31(3)21-23-8-7-9-26(19-23)24-12-10-22(11-13-24)20-28(30(33)34)35-5-2/h7-17,19,28H,4-6,18,20-21H2,1-3H3,(H,33,34)/t28-/m0/s1. The average molecular weight is 490 g/mol. The Balaban J connectivity index is 1.63. The van der Waals surface area contributed by atoms with Gasteiger partial charge in [0.2, 0.25) is 0 Å². The van der Waals surface area contributed by atoms with Gasteiger partial charge in [-0.25, -0.2) is 4.79 Å². The molecule has 0 aliphatic rings. The minimum atomic E-state index is -0.955. The molecular formula is C30H35NO5. The van der Waals surface area contributed by atoms with Crippen LogP contribution in [0.3, 0.4) is 0 Å². The molecule has 1 N–H and O–H groups in total. The van der Waals surface area contributed by atoms with Crippen LogP contribution in [0.25, 0.3) is 11.1 Å². The zero-order chi connectivity index (χ0) is 25.9. The zero-order valence-electron chi connectivity index (χ0n) is 21.3. The third-order valence-electron chi connectivity index (χ3n) is 5.91. The summed E-state index contributed by atoms with van der Waals surface area (Å²) in [6, 6.07) is 23.2. The molecule has 1 amide bonds. The molecule has 0 aliphatic heterocycles. The van der Waals surface area contributed by atoms with Gasteiger partial charge in [0.15, 0.2) is 6.10 Å². The summed E-state index contributed by atoms with van der Waals surface area (Å²) in [5.41, 5.74) is 4.61. The predicted molar refractivity (Wildman–Crippen MR) is 141 cm³/mol. The lowest BCUT2D eigenvalue weighted by atomic mass is 9.99. The van der Waals surface area contributed by atoms with E-state index in [0.717, 1.165) is 40.8 Å². The van der Waals surface area contributed by atoms with Gasteiger partial charge in [0.05, 0.1) is 6.61 Å².